The van der Waals surface area contributed by atoms with Crippen molar-refractivity contribution >= 4 is 15.6 Å². The summed E-state index contributed by atoms with van der Waals surface area (Å²) in [5.74, 6) is 0. The summed E-state index contributed by atoms with van der Waals surface area (Å²) in [6.07, 6.45) is 0. The van der Waals surface area contributed by atoms with Crippen LogP contribution in [0.25, 0.3) is 0 Å². The van der Waals surface area contributed by atoms with Crippen molar-refractivity contribution in [2.24, 2.45) is 0 Å². The third kappa shape index (κ3) is 9.31. The zero-order chi connectivity index (χ0) is 15.4. The van der Waals surface area contributed by atoms with Crippen molar-refractivity contribution in [3.05, 3.63) is 6.57 Å². The minimum absolute atomic E-state index is 0.0928. The summed E-state index contributed by atoms with van der Waals surface area (Å²) in [5.41, 5.74) is 0. The summed E-state index contributed by atoms with van der Waals surface area (Å²) in [5, 5.41) is 6.25. The van der Waals surface area contributed by atoms with Gasteiger partial charge in [-0.25, -0.2) is 9.13 Å². The lowest BCUT2D eigenvalue weighted by Gasteiger charge is -2.21. The zero-order valence-corrected chi connectivity index (χ0v) is 13.3. The van der Waals surface area contributed by atoms with Crippen molar-refractivity contribution in [3.8, 4) is 0 Å². The average molecular weight is 316 g/mol. The summed E-state index contributed by atoms with van der Waals surface area (Å²) in [6.45, 7) is 11.6. The van der Waals surface area contributed by atoms with Gasteiger partial charge in [0.1, 0.15) is 0 Å². The van der Waals surface area contributed by atoms with E-state index in [2.05, 4.69) is 0 Å². The van der Waals surface area contributed by atoms with Crippen LogP contribution in [-0.4, -0.2) is 26.4 Å². The Morgan fingerprint density at radius 2 is 0.947 bits per heavy atom. The molecule has 0 fully saturated rings. The predicted octanol–water partition coefficient (Wildman–Crippen LogP) is 3.46. The largest absolute Gasteiger partial charge is 0.512 e. The second kappa shape index (κ2) is 11.6. The minimum atomic E-state index is -3.91. The molecule has 0 aromatic rings. The summed E-state index contributed by atoms with van der Waals surface area (Å²) in [4.78, 5) is 0. The van der Waals surface area contributed by atoms with Crippen LogP contribution in [0.4, 0.5) is 0 Å². The highest BCUT2D eigenvalue weighted by Crippen LogP contribution is 2.65. The van der Waals surface area contributed by atoms with Gasteiger partial charge >= 0.3 is 15.6 Å². The molecule has 0 amide bonds. The van der Waals surface area contributed by atoms with Gasteiger partial charge in [0.2, 0.25) is 0 Å². The second-order valence-electron chi connectivity index (χ2n) is 2.65. The van der Waals surface area contributed by atoms with Crippen LogP contribution < -0.4 is 0 Å². The fraction of sp³-hybridized carbons (Fsp3) is 0.889. The van der Waals surface area contributed by atoms with Crippen LogP contribution in [-0.2, 0) is 31.5 Å². The molecule has 0 aromatic heterocycles. The van der Waals surface area contributed by atoms with Gasteiger partial charge in [0.15, 0.2) is 0 Å². The zero-order valence-electron chi connectivity index (χ0n) is 11.5. The van der Waals surface area contributed by atoms with Gasteiger partial charge in [0.05, 0.1) is 26.4 Å². The molecule has 0 radical (unpaired) electrons. The third-order valence-electron chi connectivity index (χ3n) is 1.35. The molecule has 0 spiro atoms. The summed E-state index contributed by atoms with van der Waals surface area (Å²) < 4.78 is 48.1. The first-order valence-corrected chi connectivity index (χ1v) is 8.59. The van der Waals surface area contributed by atoms with E-state index < -0.39 is 15.6 Å². The minimum Gasteiger partial charge on any atom is -0.512 e. The molecule has 0 aliphatic heterocycles. The quantitative estimate of drug-likeness (QED) is 0.446. The Bertz CT molecular complexity index is 286. The number of nitrogens with zero attached hydrogens (tertiary/aromatic N) is 1. The summed E-state index contributed by atoms with van der Waals surface area (Å²) in [6, 6.07) is 0. The predicted molar refractivity (Wildman–Crippen MR) is 67.8 cm³/mol. The second-order valence-corrected chi connectivity index (χ2v) is 6.12. The maximum atomic E-state index is 12.0. The number of phosphoric ester groups is 2. The highest BCUT2D eigenvalue weighted by Gasteiger charge is 2.39. The lowest BCUT2D eigenvalue weighted by molar-refractivity contribution is 0.119. The maximum absolute atomic E-state index is 12.0. The number of phosphoric acid groups is 2. The first-order valence-electron chi connectivity index (χ1n) is 5.67. The first kappa shape index (κ1) is 21.1. The molecule has 114 valence electrons. The Kier molecular flexibility index (Phi) is 12.8. The van der Waals surface area contributed by atoms with E-state index in [-0.39, 0.29) is 26.4 Å². The lowest BCUT2D eigenvalue weighted by Crippen LogP contribution is -2.03. The van der Waals surface area contributed by atoms with E-state index in [1.165, 1.54) is 0 Å². The van der Waals surface area contributed by atoms with Crippen LogP contribution in [0.1, 0.15) is 27.7 Å². The van der Waals surface area contributed by atoms with Crippen LogP contribution in [0.15, 0.2) is 0 Å². The van der Waals surface area contributed by atoms with Gasteiger partial charge in [-0.3, -0.25) is 18.1 Å². The van der Waals surface area contributed by atoms with Gasteiger partial charge in [-0.1, -0.05) is 0 Å². The van der Waals surface area contributed by atoms with Crippen molar-refractivity contribution in [1.82, 2.24) is 0 Å². The number of hydrogen-bond acceptors (Lipinski definition) is 8. The molecule has 0 N–H and O–H groups in total. The SMILES string of the molecule is CCOP(=O)(OCC)OP(=O)(OCC)OCC.[C-]#N. The molecule has 0 aromatic carbocycles. The molecule has 8 nitrogen and oxygen atoms in total. The third-order valence-corrected chi connectivity index (χ3v) is 5.25. The van der Waals surface area contributed by atoms with Crippen molar-refractivity contribution in [2.75, 3.05) is 26.4 Å². The maximum Gasteiger partial charge on any atom is 0.483 e. The monoisotopic (exact) mass is 316 g/mol. The van der Waals surface area contributed by atoms with Crippen LogP contribution in [0.3, 0.4) is 0 Å². The van der Waals surface area contributed by atoms with E-state index in [0.717, 1.165) is 0 Å². The van der Waals surface area contributed by atoms with Crippen molar-refractivity contribution in [1.29, 1.82) is 5.26 Å². The van der Waals surface area contributed by atoms with Crippen LogP contribution in [0.5, 0.6) is 0 Å². The van der Waals surface area contributed by atoms with Crippen molar-refractivity contribution < 1.29 is 31.5 Å². The molecule has 0 atom stereocenters. The Labute approximate surface area is 114 Å². The molecular formula is C9H20NO7P2-. The standard InChI is InChI=1S/C8H20O7P2.CN/c1-5-11-16(9,12-6-2)15-17(10,13-7-3)14-8-4;1-2/h5-8H2,1-4H3;/q;-1. The van der Waals surface area contributed by atoms with Crippen LogP contribution in [0, 0.1) is 11.8 Å². The normalized spacial score (nSPS) is 11.7. The fourth-order valence-electron chi connectivity index (χ4n) is 0.924. The lowest BCUT2D eigenvalue weighted by atomic mass is 10.9. The van der Waals surface area contributed by atoms with E-state index in [0.29, 0.717) is 0 Å². The van der Waals surface area contributed by atoms with E-state index in [1.54, 1.807) is 27.7 Å². The molecule has 0 saturated carbocycles. The van der Waals surface area contributed by atoms with Crippen LogP contribution in [0.2, 0.25) is 0 Å². The Morgan fingerprint density at radius 3 is 1.11 bits per heavy atom. The van der Waals surface area contributed by atoms with Crippen molar-refractivity contribution in [3.63, 3.8) is 0 Å². The molecule has 0 aliphatic carbocycles. The summed E-state index contributed by atoms with van der Waals surface area (Å²) >= 11 is 0. The van der Waals surface area contributed by atoms with Gasteiger partial charge in [0, 0.05) is 0 Å². The van der Waals surface area contributed by atoms with Gasteiger partial charge in [-0.05, 0) is 27.7 Å². The topological polar surface area (TPSA) is 104 Å². The summed E-state index contributed by atoms with van der Waals surface area (Å²) in [7, 11) is -7.83. The van der Waals surface area contributed by atoms with Gasteiger partial charge in [-0.15, -0.1) is 0 Å². The number of hydrogen-bond donors (Lipinski definition) is 0. The fourth-order valence-corrected chi connectivity index (χ4v) is 4.07. The highest BCUT2D eigenvalue weighted by atomic mass is 31.3. The van der Waals surface area contributed by atoms with Gasteiger partial charge < -0.3 is 11.8 Å². The molecular weight excluding hydrogens is 296 g/mol. The Balaban J connectivity index is 0. The Hall–Kier alpha value is -0.250. The van der Waals surface area contributed by atoms with Crippen molar-refractivity contribution in [2.45, 2.75) is 27.7 Å². The van der Waals surface area contributed by atoms with E-state index in [1.807, 2.05) is 0 Å². The Morgan fingerprint density at radius 1 is 0.737 bits per heavy atom. The van der Waals surface area contributed by atoms with E-state index in [4.69, 9.17) is 34.2 Å². The molecule has 0 rings (SSSR count). The van der Waals surface area contributed by atoms with Gasteiger partial charge in [-0.2, -0.15) is 4.31 Å². The van der Waals surface area contributed by atoms with E-state index in [9.17, 15) is 9.13 Å². The molecule has 0 aliphatic rings. The molecule has 0 heterocycles. The molecule has 0 unspecified atom stereocenters. The molecule has 0 saturated heterocycles. The average Bonchev–Trinajstić information content (AvgIpc) is 2.32. The first-order chi connectivity index (χ1) is 8.95. The molecule has 10 heteroatoms. The van der Waals surface area contributed by atoms with E-state index >= 15 is 0 Å². The molecule has 0 bridgehead atoms. The smallest absolute Gasteiger partial charge is 0.483 e. The van der Waals surface area contributed by atoms with Gasteiger partial charge in [0.25, 0.3) is 0 Å². The number of rotatable bonds is 10. The molecule has 19 heavy (non-hydrogen) atoms. The highest BCUT2D eigenvalue weighted by molar-refractivity contribution is 7.62. The van der Waals surface area contributed by atoms with Crippen LogP contribution >= 0.6 is 15.6 Å².